The number of nitrogens with one attached hydrogen (secondary N) is 1. The molecule has 16 heavy (non-hydrogen) atoms. The lowest BCUT2D eigenvalue weighted by Crippen LogP contribution is -2.38. The van der Waals surface area contributed by atoms with Crippen LogP contribution in [0.1, 0.15) is 26.7 Å². The maximum Gasteiger partial charge on any atom is 0.0962 e. The maximum absolute atomic E-state index is 8.86. The maximum atomic E-state index is 8.86. The van der Waals surface area contributed by atoms with Gasteiger partial charge in [-0.2, -0.15) is 5.26 Å². The first-order valence-electron chi connectivity index (χ1n) is 5.99. The van der Waals surface area contributed by atoms with Crippen molar-refractivity contribution in [2.45, 2.75) is 38.8 Å². The lowest BCUT2D eigenvalue weighted by molar-refractivity contribution is 0.121. The summed E-state index contributed by atoms with van der Waals surface area (Å²) in [4.78, 5) is 2.38. The zero-order chi connectivity index (χ0) is 12.4. The minimum Gasteiger partial charge on any atom is -0.383 e. The Balaban J connectivity index is 4.05. The number of nitriles is 1. The minimum atomic E-state index is -0.0471. The van der Waals surface area contributed by atoms with Crippen LogP contribution in [0.25, 0.3) is 0 Å². The van der Waals surface area contributed by atoms with Crippen LogP contribution in [-0.4, -0.2) is 50.8 Å². The predicted octanol–water partition coefficient (Wildman–Crippen LogP) is 1.23. The molecule has 0 spiro atoms. The molecule has 0 heterocycles. The van der Waals surface area contributed by atoms with Gasteiger partial charge in [0.2, 0.25) is 0 Å². The van der Waals surface area contributed by atoms with Crippen molar-refractivity contribution >= 4 is 0 Å². The third-order valence-corrected chi connectivity index (χ3v) is 3.01. The molecule has 0 aromatic carbocycles. The normalized spacial score (nSPS) is 14.8. The van der Waals surface area contributed by atoms with Crippen LogP contribution < -0.4 is 5.32 Å². The fourth-order valence-electron chi connectivity index (χ4n) is 1.59. The molecule has 4 nitrogen and oxygen atoms in total. The van der Waals surface area contributed by atoms with Gasteiger partial charge in [0.1, 0.15) is 0 Å². The van der Waals surface area contributed by atoms with Crippen molar-refractivity contribution in [2.24, 2.45) is 0 Å². The van der Waals surface area contributed by atoms with Gasteiger partial charge in [-0.25, -0.2) is 0 Å². The van der Waals surface area contributed by atoms with Gasteiger partial charge in [-0.05, 0) is 26.8 Å². The van der Waals surface area contributed by atoms with E-state index in [0.29, 0.717) is 6.04 Å². The molecule has 0 aliphatic carbocycles. The molecule has 0 fully saturated rings. The number of rotatable bonds is 9. The Morgan fingerprint density at radius 2 is 2.12 bits per heavy atom. The second-order valence-corrected chi connectivity index (χ2v) is 4.05. The van der Waals surface area contributed by atoms with E-state index in [-0.39, 0.29) is 6.04 Å². The zero-order valence-corrected chi connectivity index (χ0v) is 11.0. The summed E-state index contributed by atoms with van der Waals surface area (Å²) in [6.07, 6.45) is 1.99. The molecule has 0 saturated carbocycles. The summed E-state index contributed by atoms with van der Waals surface area (Å²) in [7, 11) is 3.55. The molecule has 0 rings (SSSR count). The van der Waals surface area contributed by atoms with Crippen molar-refractivity contribution in [3.8, 4) is 6.07 Å². The van der Waals surface area contributed by atoms with Gasteiger partial charge in [-0.15, -0.1) is 0 Å². The van der Waals surface area contributed by atoms with Crippen LogP contribution in [0, 0.1) is 11.3 Å². The first kappa shape index (κ1) is 15.4. The molecule has 0 aliphatic rings. The van der Waals surface area contributed by atoms with E-state index in [1.807, 2.05) is 7.05 Å². The molecule has 2 unspecified atom stereocenters. The molecule has 0 amide bonds. The summed E-state index contributed by atoms with van der Waals surface area (Å²) < 4.78 is 5.10. The molecule has 94 valence electrons. The summed E-state index contributed by atoms with van der Waals surface area (Å²) in [6.45, 7) is 7.03. The third kappa shape index (κ3) is 6.06. The Morgan fingerprint density at radius 1 is 1.44 bits per heavy atom. The minimum absolute atomic E-state index is 0.0471. The molecule has 0 radical (unpaired) electrons. The Kier molecular flexibility index (Phi) is 9.21. The fourth-order valence-corrected chi connectivity index (χ4v) is 1.59. The van der Waals surface area contributed by atoms with Crippen molar-refractivity contribution < 1.29 is 4.74 Å². The van der Waals surface area contributed by atoms with E-state index in [2.05, 4.69) is 30.1 Å². The van der Waals surface area contributed by atoms with Crippen LogP contribution >= 0.6 is 0 Å². The summed E-state index contributed by atoms with van der Waals surface area (Å²) in [5, 5.41) is 11.9. The third-order valence-electron chi connectivity index (χ3n) is 3.01. The average molecular weight is 227 g/mol. The lowest BCUT2D eigenvalue weighted by Gasteiger charge is -2.28. The Labute approximate surface area is 99.6 Å². The van der Waals surface area contributed by atoms with E-state index in [1.165, 1.54) is 0 Å². The molecular formula is C12H25N3O. The smallest absolute Gasteiger partial charge is 0.0962 e. The van der Waals surface area contributed by atoms with Gasteiger partial charge in [0.15, 0.2) is 0 Å². The number of nitrogens with zero attached hydrogens (tertiary/aromatic N) is 2. The molecule has 4 heteroatoms. The Morgan fingerprint density at radius 3 is 2.56 bits per heavy atom. The van der Waals surface area contributed by atoms with E-state index in [1.54, 1.807) is 7.11 Å². The number of methoxy groups -OCH3 is 1. The first-order valence-corrected chi connectivity index (χ1v) is 5.99. The molecule has 2 atom stereocenters. The van der Waals surface area contributed by atoms with Crippen molar-refractivity contribution in [3.05, 3.63) is 0 Å². The van der Waals surface area contributed by atoms with Gasteiger partial charge >= 0.3 is 0 Å². The molecule has 0 aromatic heterocycles. The molecule has 0 aromatic rings. The van der Waals surface area contributed by atoms with Crippen LogP contribution in [0.2, 0.25) is 0 Å². The standard InChI is InChI=1S/C12H25N3O/c1-5-11(2)15(8-9-16-4)7-6-12(10-13)14-3/h11-12,14H,5-9H2,1-4H3. The predicted molar refractivity (Wildman–Crippen MR) is 66.3 cm³/mol. The fraction of sp³-hybridized carbons (Fsp3) is 0.917. The van der Waals surface area contributed by atoms with Crippen molar-refractivity contribution in [2.75, 3.05) is 33.9 Å². The molecule has 0 bridgehead atoms. The monoisotopic (exact) mass is 227 g/mol. The first-order chi connectivity index (χ1) is 7.69. The van der Waals surface area contributed by atoms with Crippen LogP contribution in [-0.2, 0) is 4.74 Å². The quantitative estimate of drug-likeness (QED) is 0.644. The number of ether oxygens (including phenoxy) is 1. The number of hydrogen-bond donors (Lipinski definition) is 1. The van der Waals surface area contributed by atoms with Crippen LogP contribution in [0.5, 0.6) is 0 Å². The highest BCUT2D eigenvalue weighted by atomic mass is 16.5. The largest absolute Gasteiger partial charge is 0.383 e. The molecular weight excluding hydrogens is 202 g/mol. The van der Waals surface area contributed by atoms with Crippen LogP contribution in [0.4, 0.5) is 0 Å². The second-order valence-electron chi connectivity index (χ2n) is 4.05. The lowest BCUT2D eigenvalue weighted by atomic mass is 10.1. The average Bonchev–Trinajstić information content (AvgIpc) is 2.33. The highest BCUT2D eigenvalue weighted by molar-refractivity contribution is 4.89. The van der Waals surface area contributed by atoms with Gasteiger partial charge in [0, 0.05) is 26.2 Å². The van der Waals surface area contributed by atoms with Gasteiger partial charge < -0.3 is 10.1 Å². The van der Waals surface area contributed by atoms with E-state index in [9.17, 15) is 0 Å². The van der Waals surface area contributed by atoms with Gasteiger partial charge in [0.25, 0.3) is 0 Å². The van der Waals surface area contributed by atoms with E-state index < -0.39 is 0 Å². The zero-order valence-electron chi connectivity index (χ0n) is 11.0. The van der Waals surface area contributed by atoms with E-state index >= 15 is 0 Å². The summed E-state index contributed by atoms with van der Waals surface area (Å²) in [5.41, 5.74) is 0. The van der Waals surface area contributed by atoms with Crippen molar-refractivity contribution in [1.29, 1.82) is 5.26 Å². The van der Waals surface area contributed by atoms with E-state index in [4.69, 9.17) is 10.00 Å². The van der Waals surface area contributed by atoms with Crippen molar-refractivity contribution in [1.82, 2.24) is 10.2 Å². The van der Waals surface area contributed by atoms with Crippen LogP contribution in [0.15, 0.2) is 0 Å². The summed E-state index contributed by atoms with van der Waals surface area (Å²) in [6, 6.07) is 2.75. The SMILES string of the molecule is CCC(C)N(CCOC)CCC(C#N)NC. The Hall–Kier alpha value is -0.630. The molecule has 0 aliphatic heterocycles. The highest BCUT2D eigenvalue weighted by Gasteiger charge is 2.13. The van der Waals surface area contributed by atoms with Crippen LogP contribution in [0.3, 0.4) is 0 Å². The van der Waals surface area contributed by atoms with Gasteiger partial charge in [-0.3, -0.25) is 4.90 Å². The van der Waals surface area contributed by atoms with Crippen molar-refractivity contribution in [3.63, 3.8) is 0 Å². The number of hydrogen-bond acceptors (Lipinski definition) is 4. The summed E-state index contributed by atoms with van der Waals surface area (Å²) >= 11 is 0. The molecule has 0 saturated heterocycles. The summed E-state index contributed by atoms with van der Waals surface area (Å²) in [5.74, 6) is 0. The van der Waals surface area contributed by atoms with E-state index in [0.717, 1.165) is 32.5 Å². The second kappa shape index (κ2) is 9.59. The van der Waals surface area contributed by atoms with Gasteiger partial charge in [0.05, 0.1) is 18.7 Å². The topological polar surface area (TPSA) is 48.3 Å². The van der Waals surface area contributed by atoms with Gasteiger partial charge in [-0.1, -0.05) is 6.92 Å². The molecule has 1 N–H and O–H groups in total. The Bertz CT molecular complexity index is 203. The highest BCUT2D eigenvalue weighted by Crippen LogP contribution is 2.05.